The number of hydrogen-bond donors (Lipinski definition) is 2. The van der Waals surface area contributed by atoms with E-state index in [1.807, 2.05) is 26.0 Å². The second kappa shape index (κ2) is 5.26. The number of nitrogens with one attached hydrogen (secondary N) is 2. The number of carbonyl (C=O) groups excluding carboxylic acids is 3. The summed E-state index contributed by atoms with van der Waals surface area (Å²) in [5.41, 5.74) is 0.656. The van der Waals surface area contributed by atoms with Crippen molar-refractivity contribution in [3.05, 3.63) is 23.8 Å². The van der Waals surface area contributed by atoms with Crippen molar-refractivity contribution in [1.82, 2.24) is 10.6 Å². The second-order valence-corrected chi connectivity index (χ2v) is 4.57. The summed E-state index contributed by atoms with van der Waals surface area (Å²) in [4.78, 5) is 34.6. The third-order valence-corrected chi connectivity index (χ3v) is 3.17. The Morgan fingerprint density at radius 1 is 1.42 bits per heavy atom. The fraction of sp³-hybridized carbons (Fsp3) is 0.462. The summed E-state index contributed by atoms with van der Waals surface area (Å²) in [5.74, 6) is -1.71. The molecule has 0 aliphatic carbocycles. The van der Waals surface area contributed by atoms with Crippen molar-refractivity contribution in [2.75, 3.05) is 0 Å². The molecular weight excluding hydrogens is 248 g/mol. The third-order valence-electron chi connectivity index (χ3n) is 3.17. The van der Waals surface area contributed by atoms with Crippen LogP contribution in [0.2, 0.25) is 0 Å². The standard InChI is InChI=1S/C13H16N2O4/c1-3-4-5-7(2)8-6-9(16)19-12-10(8)11(17)14-13(18)15-12/h4-7,10,12H,3H2,1-2H3,(H2,14,15,17,18)/b5-4-. The molecule has 0 aromatic rings. The fourth-order valence-electron chi connectivity index (χ4n) is 2.25. The van der Waals surface area contributed by atoms with Gasteiger partial charge in [0, 0.05) is 6.08 Å². The fourth-order valence-corrected chi connectivity index (χ4v) is 2.25. The molecule has 0 spiro atoms. The van der Waals surface area contributed by atoms with E-state index in [0.29, 0.717) is 5.57 Å². The lowest BCUT2D eigenvalue weighted by molar-refractivity contribution is -0.152. The number of rotatable bonds is 3. The molecule has 0 saturated carbocycles. The molecule has 2 rings (SSSR count). The van der Waals surface area contributed by atoms with Crippen molar-refractivity contribution in [1.29, 1.82) is 0 Å². The van der Waals surface area contributed by atoms with E-state index < -0.39 is 30.1 Å². The highest BCUT2D eigenvalue weighted by Gasteiger charge is 2.43. The van der Waals surface area contributed by atoms with Crippen LogP contribution in [0.15, 0.2) is 23.8 Å². The summed E-state index contributed by atoms with van der Waals surface area (Å²) in [6.45, 7) is 3.90. The first-order chi connectivity index (χ1) is 9.02. The van der Waals surface area contributed by atoms with Gasteiger partial charge in [0.25, 0.3) is 0 Å². The van der Waals surface area contributed by atoms with Crippen molar-refractivity contribution < 1.29 is 19.1 Å². The molecule has 3 unspecified atom stereocenters. The Labute approximate surface area is 110 Å². The molecule has 0 aromatic heterocycles. The van der Waals surface area contributed by atoms with Gasteiger partial charge in [0.2, 0.25) is 5.91 Å². The van der Waals surface area contributed by atoms with Gasteiger partial charge in [-0.3, -0.25) is 10.1 Å². The molecule has 102 valence electrons. The van der Waals surface area contributed by atoms with Crippen LogP contribution in [-0.4, -0.2) is 24.1 Å². The molecule has 19 heavy (non-hydrogen) atoms. The lowest BCUT2D eigenvalue weighted by atomic mass is 9.84. The number of hydrogen-bond acceptors (Lipinski definition) is 4. The van der Waals surface area contributed by atoms with Gasteiger partial charge in [0.05, 0.1) is 0 Å². The number of carbonyl (C=O) groups is 3. The molecule has 0 bridgehead atoms. The van der Waals surface area contributed by atoms with Gasteiger partial charge in [0.15, 0.2) is 6.23 Å². The van der Waals surface area contributed by atoms with E-state index in [1.54, 1.807) is 0 Å². The monoisotopic (exact) mass is 264 g/mol. The van der Waals surface area contributed by atoms with Crippen LogP contribution in [0.3, 0.4) is 0 Å². The van der Waals surface area contributed by atoms with Gasteiger partial charge in [-0.25, -0.2) is 9.59 Å². The zero-order valence-electron chi connectivity index (χ0n) is 10.8. The minimum absolute atomic E-state index is 0.0685. The zero-order valence-corrected chi connectivity index (χ0v) is 10.8. The van der Waals surface area contributed by atoms with Crippen molar-refractivity contribution >= 4 is 17.9 Å². The lowest BCUT2D eigenvalue weighted by Crippen LogP contribution is -2.61. The quantitative estimate of drug-likeness (QED) is 0.584. The molecule has 6 nitrogen and oxygen atoms in total. The SMILES string of the molecule is CC/C=C\C(C)C1=CC(=O)OC2NC(=O)NC(=O)C12. The maximum atomic E-state index is 11.9. The predicted molar refractivity (Wildman–Crippen MR) is 66.7 cm³/mol. The van der Waals surface area contributed by atoms with Crippen molar-refractivity contribution in [2.45, 2.75) is 26.5 Å². The van der Waals surface area contributed by atoms with Gasteiger partial charge < -0.3 is 10.1 Å². The van der Waals surface area contributed by atoms with Crippen molar-refractivity contribution in [3.8, 4) is 0 Å². The van der Waals surface area contributed by atoms with Gasteiger partial charge in [-0.1, -0.05) is 26.0 Å². The molecule has 6 heteroatoms. The average molecular weight is 264 g/mol. The molecule has 1 saturated heterocycles. The summed E-state index contributed by atoms with van der Waals surface area (Å²) in [5, 5.41) is 4.63. The summed E-state index contributed by atoms with van der Waals surface area (Å²) in [6.07, 6.45) is 5.21. The average Bonchev–Trinajstić information content (AvgIpc) is 2.33. The van der Waals surface area contributed by atoms with E-state index in [-0.39, 0.29) is 5.92 Å². The Morgan fingerprint density at radius 2 is 2.16 bits per heavy atom. The van der Waals surface area contributed by atoms with Gasteiger partial charge in [-0.05, 0) is 17.9 Å². The molecule has 1 fully saturated rings. The van der Waals surface area contributed by atoms with Crippen molar-refractivity contribution in [2.24, 2.45) is 11.8 Å². The number of esters is 1. The molecule has 2 aliphatic rings. The van der Waals surface area contributed by atoms with E-state index in [1.165, 1.54) is 6.08 Å². The van der Waals surface area contributed by atoms with Crippen LogP contribution in [0.1, 0.15) is 20.3 Å². The normalized spacial score (nSPS) is 28.1. The van der Waals surface area contributed by atoms with Gasteiger partial charge in [-0.15, -0.1) is 0 Å². The Balaban J connectivity index is 2.30. The smallest absolute Gasteiger partial charge is 0.332 e. The molecule has 0 aromatic carbocycles. The van der Waals surface area contributed by atoms with E-state index >= 15 is 0 Å². The number of allylic oxidation sites excluding steroid dienone is 2. The summed E-state index contributed by atoms with van der Waals surface area (Å²) in [7, 11) is 0. The predicted octanol–water partition coefficient (Wildman–Crippen LogP) is 0.854. The third kappa shape index (κ3) is 2.67. The largest absolute Gasteiger partial charge is 0.437 e. The maximum Gasteiger partial charge on any atom is 0.332 e. The molecule has 2 aliphatic heterocycles. The summed E-state index contributed by atoms with van der Waals surface area (Å²) < 4.78 is 4.98. The molecule has 3 atom stereocenters. The van der Waals surface area contributed by atoms with Crippen LogP contribution in [0.5, 0.6) is 0 Å². The number of urea groups is 1. The van der Waals surface area contributed by atoms with Crippen LogP contribution < -0.4 is 10.6 Å². The van der Waals surface area contributed by atoms with Crippen LogP contribution in [-0.2, 0) is 14.3 Å². The minimum atomic E-state index is -0.911. The van der Waals surface area contributed by atoms with E-state index in [9.17, 15) is 14.4 Å². The van der Waals surface area contributed by atoms with E-state index in [2.05, 4.69) is 10.6 Å². The molecule has 0 radical (unpaired) electrons. The van der Waals surface area contributed by atoms with Crippen LogP contribution in [0.25, 0.3) is 0 Å². The molecule has 2 N–H and O–H groups in total. The zero-order chi connectivity index (χ0) is 14.0. The van der Waals surface area contributed by atoms with Gasteiger partial charge >= 0.3 is 12.0 Å². The Hall–Kier alpha value is -2.11. The first-order valence-corrected chi connectivity index (χ1v) is 6.23. The summed E-state index contributed by atoms with van der Waals surface area (Å²) in [6, 6.07) is -0.642. The van der Waals surface area contributed by atoms with Crippen molar-refractivity contribution in [3.63, 3.8) is 0 Å². The lowest BCUT2D eigenvalue weighted by Gasteiger charge is -2.36. The Morgan fingerprint density at radius 3 is 2.84 bits per heavy atom. The first-order valence-electron chi connectivity index (χ1n) is 6.23. The van der Waals surface area contributed by atoms with E-state index in [0.717, 1.165) is 6.42 Å². The van der Waals surface area contributed by atoms with Crippen LogP contribution in [0, 0.1) is 11.8 Å². The Bertz CT molecular complexity index is 481. The van der Waals surface area contributed by atoms with Crippen LogP contribution in [0.4, 0.5) is 4.79 Å². The number of ether oxygens (including phenoxy) is 1. The molecule has 2 heterocycles. The second-order valence-electron chi connectivity index (χ2n) is 4.57. The summed E-state index contributed by atoms with van der Waals surface area (Å²) >= 11 is 0. The number of amides is 3. The van der Waals surface area contributed by atoms with Gasteiger partial charge in [0.1, 0.15) is 5.92 Å². The first kappa shape index (κ1) is 13.3. The number of fused-ring (bicyclic) bond motifs is 1. The highest BCUT2D eigenvalue weighted by Crippen LogP contribution is 2.30. The maximum absolute atomic E-state index is 11.9. The molecule has 3 amide bonds. The number of imide groups is 1. The van der Waals surface area contributed by atoms with E-state index in [4.69, 9.17) is 4.74 Å². The van der Waals surface area contributed by atoms with Crippen LogP contribution >= 0.6 is 0 Å². The molecular formula is C13H16N2O4. The minimum Gasteiger partial charge on any atom is -0.437 e. The topological polar surface area (TPSA) is 84.5 Å². The Kier molecular flexibility index (Phi) is 3.69. The highest BCUT2D eigenvalue weighted by atomic mass is 16.6. The highest BCUT2D eigenvalue weighted by molar-refractivity contribution is 6.01. The van der Waals surface area contributed by atoms with Gasteiger partial charge in [-0.2, -0.15) is 0 Å².